The zero-order valence-electron chi connectivity index (χ0n) is 14.9. The van der Waals surface area contributed by atoms with Gasteiger partial charge >= 0.3 is 0 Å². The number of rotatable bonds is 6. The third-order valence-electron chi connectivity index (χ3n) is 4.58. The van der Waals surface area contributed by atoms with E-state index in [4.69, 9.17) is 9.26 Å². The summed E-state index contributed by atoms with van der Waals surface area (Å²) in [5.74, 6) is 1.35. The standard InChI is InChI=1S/C20H21N3O3S/c24-19(23-11-12-25-16(14-23)15-6-2-1-3-7-15)10-4-9-18-21-20(22-26-18)17-8-5-13-27-17/h1-3,5-8,13,16H,4,9-12,14H2/t16-/m0/s1. The van der Waals surface area contributed by atoms with Crippen LogP contribution in [0.4, 0.5) is 0 Å². The number of aromatic nitrogens is 2. The van der Waals surface area contributed by atoms with Gasteiger partial charge in [0.05, 0.1) is 18.0 Å². The van der Waals surface area contributed by atoms with Crippen LogP contribution in [-0.4, -0.2) is 40.6 Å². The van der Waals surface area contributed by atoms with E-state index in [1.54, 1.807) is 11.3 Å². The first kappa shape index (κ1) is 17.9. The molecule has 1 aromatic carbocycles. The zero-order chi connectivity index (χ0) is 18.5. The Labute approximate surface area is 161 Å². The van der Waals surface area contributed by atoms with E-state index in [1.165, 1.54) is 0 Å². The van der Waals surface area contributed by atoms with Crippen molar-refractivity contribution in [2.75, 3.05) is 19.7 Å². The molecular weight excluding hydrogens is 362 g/mol. The predicted molar refractivity (Wildman–Crippen MR) is 102 cm³/mol. The number of hydrogen-bond donors (Lipinski definition) is 0. The minimum absolute atomic E-state index is 0.0480. The fourth-order valence-corrected chi connectivity index (χ4v) is 3.81. The topological polar surface area (TPSA) is 68.5 Å². The van der Waals surface area contributed by atoms with Crippen molar-refractivity contribution in [3.63, 3.8) is 0 Å². The van der Waals surface area contributed by atoms with Gasteiger partial charge in [-0.2, -0.15) is 4.98 Å². The Morgan fingerprint density at radius 2 is 2.11 bits per heavy atom. The first-order chi connectivity index (χ1) is 13.3. The molecule has 1 saturated heterocycles. The quantitative estimate of drug-likeness (QED) is 0.649. The van der Waals surface area contributed by atoms with Gasteiger partial charge in [0.15, 0.2) is 0 Å². The summed E-state index contributed by atoms with van der Waals surface area (Å²) in [5.41, 5.74) is 1.11. The average Bonchev–Trinajstić information content (AvgIpc) is 3.40. The van der Waals surface area contributed by atoms with Gasteiger partial charge in [0.2, 0.25) is 17.6 Å². The number of thiophene rings is 1. The largest absolute Gasteiger partial charge is 0.370 e. The van der Waals surface area contributed by atoms with Crippen molar-refractivity contribution in [1.82, 2.24) is 15.0 Å². The van der Waals surface area contributed by atoms with Gasteiger partial charge in [0, 0.05) is 19.4 Å². The number of aryl methyl sites for hydroxylation is 1. The lowest BCUT2D eigenvalue weighted by molar-refractivity contribution is -0.139. The summed E-state index contributed by atoms with van der Waals surface area (Å²) in [6.45, 7) is 1.82. The second-order valence-electron chi connectivity index (χ2n) is 6.45. The number of benzene rings is 1. The van der Waals surface area contributed by atoms with E-state index in [0.717, 1.165) is 10.4 Å². The predicted octanol–water partition coefficient (Wildman–Crippen LogP) is 3.72. The molecule has 0 bridgehead atoms. The lowest BCUT2D eigenvalue weighted by Gasteiger charge is -2.33. The molecule has 0 N–H and O–H groups in total. The van der Waals surface area contributed by atoms with E-state index in [-0.39, 0.29) is 12.0 Å². The zero-order valence-corrected chi connectivity index (χ0v) is 15.7. The first-order valence-electron chi connectivity index (χ1n) is 9.10. The summed E-state index contributed by atoms with van der Waals surface area (Å²) in [6, 6.07) is 14.0. The molecule has 1 amide bonds. The SMILES string of the molecule is O=C(CCCc1nc(-c2cccs2)no1)N1CCO[C@H](c2ccccc2)C1. The number of nitrogens with zero attached hydrogens (tertiary/aromatic N) is 3. The van der Waals surface area contributed by atoms with E-state index in [0.29, 0.717) is 50.7 Å². The molecule has 6 nitrogen and oxygen atoms in total. The van der Waals surface area contributed by atoms with Crippen LogP contribution in [0.3, 0.4) is 0 Å². The molecule has 4 rings (SSSR count). The molecule has 3 aromatic rings. The number of carbonyl (C=O) groups excluding carboxylic acids is 1. The van der Waals surface area contributed by atoms with Crippen LogP contribution in [0, 0.1) is 0 Å². The monoisotopic (exact) mass is 383 g/mol. The third kappa shape index (κ3) is 4.43. The van der Waals surface area contributed by atoms with Crippen LogP contribution in [-0.2, 0) is 16.0 Å². The van der Waals surface area contributed by atoms with Crippen LogP contribution >= 0.6 is 11.3 Å². The summed E-state index contributed by atoms with van der Waals surface area (Å²) < 4.78 is 11.1. The van der Waals surface area contributed by atoms with Crippen molar-refractivity contribution < 1.29 is 14.1 Å². The average molecular weight is 383 g/mol. The van der Waals surface area contributed by atoms with Gasteiger partial charge in [-0.25, -0.2) is 0 Å². The van der Waals surface area contributed by atoms with Crippen LogP contribution in [0.1, 0.15) is 30.4 Å². The Morgan fingerprint density at radius 3 is 2.93 bits per heavy atom. The third-order valence-corrected chi connectivity index (χ3v) is 5.45. The highest BCUT2D eigenvalue weighted by molar-refractivity contribution is 7.13. The van der Waals surface area contributed by atoms with Crippen molar-refractivity contribution in [3.8, 4) is 10.7 Å². The molecule has 27 heavy (non-hydrogen) atoms. The maximum atomic E-state index is 12.6. The molecular formula is C20H21N3O3S. The Balaban J connectivity index is 1.27. The Morgan fingerprint density at radius 1 is 1.22 bits per heavy atom. The molecule has 0 unspecified atom stereocenters. The van der Waals surface area contributed by atoms with Crippen molar-refractivity contribution in [2.24, 2.45) is 0 Å². The van der Waals surface area contributed by atoms with Gasteiger partial charge in [-0.05, 0) is 23.4 Å². The van der Waals surface area contributed by atoms with E-state index >= 15 is 0 Å². The van der Waals surface area contributed by atoms with Crippen LogP contribution in [0.5, 0.6) is 0 Å². The number of ether oxygens (including phenoxy) is 1. The van der Waals surface area contributed by atoms with Crippen molar-refractivity contribution in [2.45, 2.75) is 25.4 Å². The normalized spacial score (nSPS) is 17.2. The van der Waals surface area contributed by atoms with Gasteiger partial charge in [0.25, 0.3) is 0 Å². The molecule has 140 valence electrons. The smallest absolute Gasteiger partial charge is 0.226 e. The Hall–Kier alpha value is -2.51. The van der Waals surface area contributed by atoms with E-state index in [2.05, 4.69) is 10.1 Å². The Kier molecular flexibility index (Phi) is 5.60. The molecule has 1 aliphatic rings. The maximum Gasteiger partial charge on any atom is 0.226 e. The minimum atomic E-state index is -0.0480. The lowest BCUT2D eigenvalue weighted by atomic mass is 10.1. The maximum absolute atomic E-state index is 12.6. The summed E-state index contributed by atoms with van der Waals surface area (Å²) in [7, 11) is 0. The second-order valence-corrected chi connectivity index (χ2v) is 7.40. The first-order valence-corrected chi connectivity index (χ1v) is 9.98. The number of amides is 1. The summed E-state index contributed by atoms with van der Waals surface area (Å²) >= 11 is 1.58. The molecule has 1 atom stereocenters. The molecule has 0 aliphatic carbocycles. The summed E-state index contributed by atoms with van der Waals surface area (Å²) in [4.78, 5) is 19.8. The highest BCUT2D eigenvalue weighted by Crippen LogP contribution is 2.23. The lowest BCUT2D eigenvalue weighted by Crippen LogP contribution is -2.42. The second kappa shape index (κ2) is 8.45. The molecule has 0 saturated carbocycles. The van der Waals surface area contributed by atoms with Gasteiger partial charge in [0.1, 0.15) is 6.10 Å². The van der Waals surface area contributed by atoms with Gasteiger partial charge < -0.3 is 14.2 Å². The summed E-state index contributed by atoms with van der Waals surface area (Å²) in [6.07, 6.45) is 1.72. The van der Waals surface area contributed by atoms with Gasteiger partial charge in [-0.1, -0.05) is 41.6 Å². The number of carbonyl (C=O) groups is 1. The van der Waals surface area contributed by atoms with Crippen molar-refractivity contribution in [3.05, 3.63) is 59.3 Å². The fraction of sp³-hybridized carbons (Fsp3) is 0.350. The van der Waals surface area contributed by atoms with Crippen molar-refractivity contribution >= 4 is 17.2 Å². The summed E-state index contributed by atoms with van der Waals surface area (Å²) in [5, 5.41) is 5.98. The Bertz CT molecular complexity index is 864. The number of morpholine rings is 1. The van der Waals surface area contributed by atoms with E-state index in [9.17, 15) is 4.79 Å². The highest BCUT2D eigenvalue weighted by Gasteiger charge is 2.25. The molecule has 7 heteroatoms. The minimum Gasteiger partial charge on any atom is -0.370 e. The molecule has 3 heterocycles. The van der Waals surface area contributed by atoms with E-state index < -0.39 is 0 Å². The number of hydrogen-bond acceptors (Lipinski definition) is 6. The van der Waals surface area contributed by atoms with Gasteiger partial charge in [-0.3, -0.25) is 4.79 Å². The molecule has 2 aromatic heterocycles. The van der Waals surface area contributed by atoms with E-state index in [1.807, 2.05) is 52.7 Å². The highest BCUT2D eigenvalue weighted by atomic mass is 32.1. The molecule has 1 aliphatic heterocycles. The van der Waals surface area contributed by atoms with Crippen molar-refractivity contribution in [1.29, 1.82) is 0 Å². The van der Waals surface area contributed by atoms with Gasteiger partial charge in [-0.15, -0.1) is 11.3 Å². The van der Waals surface area contributed by atoms with Crippen LogP contribution in [0.2, 0.25) is 0 Å². The van der Waals surface area contributed by atoms with Crippen LogP contribution in [0.25, 0.3) is 10.7 Å². The molecule has 1 fully saturated rings. The molecule has 0 spiro atoms. The molecule has 0 radical (unpaired) electrons. The van der Waals surface area contributed by atoms with Crippen LogP contribution in [0.15, 0.2) is 52.4 Å². The fourth-order valence-electron chi connectivity index (χ4n) is 3.16. The van der Waals surface area contributed by atoms with Crippen LogP contribution < -0.4 is 0 Å².